The minimum Gasteiger partial charge on any atom is -0.369 e. The van der Waals surface area contributed by atoms with Crippen molar-refractivity contribution in [2.24, 2.45) is 10.8 Å². The van der Waals surface area contributed by atoms with Crippen molar-refractivity contribution in [1.29, 1.82) is 5.41 Å². The van der Waals surface area contributed by atoms with Gasteiger partial charge in [0.2, 0.25) is 5.96 Å². The predicted octanol–water partition coefficient (Wildman–Crippen LogP) is 3.38. The highest BCUT2D eigenvalue weighted by molar-refractivity contribution is 5.75. The van der Waals surface area contributed by atoms with Crippen LogP contribution in [0.3, 0.4) is 0 Å². The monoisotopic (exact) mass is 240 g/mol. The Morgan fingerprint density at radius 1 is 1.06 bits per heavy atom. The first-order valence-electron chi connectivity index (χ1n) is 6.89. The maximum atomic E-state index is 6.89. The summed E-state index contributed by atoms with van der Waals surface area (Å²) in [6.45, 7) is 2.25. The third-order valence-electron chi connectivity index (χ3n) is 2.71. The highest BCUT2D eigenvalue weighted by Crippen LogP contribution is 2.09. The topological polar surface area (TPSA) is 74.3 Å². The highest BCUT2D eigenvalue weighted by atomic mass is 15.3. The molecule has 0 aliphatic heterocycles. The van der Waals surface area contributed by atoms with Crippen LogP contribution in [0.5, 0.6) is 0 Å². The van der Waals surface area contributed by atoms with Crippen molar-refractivity contribution in [2.75, 3.05) is 0 Å². The molecule has 0 aromatic carbocycles. The standard InChI is InChI=1S/C13H28N4/c1-2-3-4-5-6-7-8-9-10-11-12-16-17-13(14)15/h12H,2-11H2,1H3,(H4,14,15,17). The van der Waals surface area contributed by atoms with Gasteiger partial charge in [0.15, 0.2) is 0 Å². The van der Waals surface area contributed by atoms with Gasteiger partial charge < -0.3 is 5.73 Å². The number of guanidine groups is 1. The smallest absolute Gasteiger partial charge is 0.206 e. The van der Waals surface area contributed by atoms with Crippen LogP contribution in [0, 0.1) is 5.41 Å². The van der Waals surface area contributed by atoms with E-state index in [-0.39, 0.29) is 5.96 Å². The number of unbranched alkanes of at least 4 members (excludes halogenated alkanes) is 9. The van der Waals surface area contributed by atoms with Crippen LogP contribution in [-0.2, 0) is 0 Å². The minimum atomic E-state index is -0.103. The molecule has 0 rings (SSSR count). The van der Waals surface area contributed by atoms with Crippen LogP contribution in [0.1, 0.15) is 71.1 Å². The molecule has 0 saturated carbocycles. The van der Waals surface area contributed by atoms with Crippen LogP contribution in [-0.4, -0.2) is 12.2 Å². The molecule has 4 heteroatoms. The normalized spacial score (nSPS) is 10.9. The molecule has 0 saturated heterocycles. The van der Waals surface area contributed by atoms with Gasteiger partial charge in [0.1, 0.15) is 0 Å². The lowest BCUT2D eigenvalue weighted by Crippen LogP contribution is -2.25. The molecule has 100 valence electrons. The molecular formula is C13H28N4. The van der Waals surface area contributed by atoms with E-state index in [0.29, 0.717) is 0 Å². The summed E-state index contributed by atoms with van der Waals surface area (Å²) >= 11 is 0. The van der Waals surface area contributed by atoms with Crippen LogP contribution >= 0.6 is 0 Å². The Bertz CT molecular complexity index is 202. The van der Waals surface area contributed by atoms with Crippen molar-refractivity contribution >= 4 is 12.2 Å². The van der Waals surface area contributed by atoms with Crippen molar-refractivity contribution in [3.05, 3.63) is 0 Å². The van der Waals surface area contributed by atoms with Crippen molar-refractivity contribution in [3.8, 4) is 0 Å². The third-order valence-corrected chi connectivity index (χ3v) is 2.71. The van der Waals surface area contributed by atoms with Gasteiger partial charge in [-0.3, -0.25) is 5.41 Å². The van der Waals surface area contributed by atoms with Crippen LogP contribution < -0.4 is 11.2 Å². The van der Waals surface area contributed by atoms with E-state index in [0.717, 1.165) is 6.42 Å². The van der Waals surface area contributed by atoms with Gasteiger partial charge in [-0.2, -0.15) is 5.10 Å². The molecule has 0 unspecified atom stereocenters. The van der Waals surface area contributed by atoms with Crippen LogP contribution in [0.4, 0.5) is 0 Å². The average molecular weight is 240 g/mol. The van der Waals surface area contributed by atoms with Crippen molar-refractivity contribution in [2.45, 2.75) is 71.1 Å². The SMILES string of the molecule is CCCCCCCCCCCC=NNC(=N)N. The molecule has 0 heterocycles. The van der Waals surface area contributed by atoms with Crippen LogP contribution in [0.2, 0.25) is 0 Å². The van der Waals surface area contributed by atoms with Gasteiger partial charge in [0, 0.05) is 6.21 Å². The lowest BCUT2D eigenvalue weighted by Gasteiger charge is -2.00. The fraction of sp³-hybridized carbons (Fsp3) is 0.846. The first-order chi connectivity index (χ1) is 8.27. The number of hydrazone groups is 1. The van der Waals surface area contributed by atoms with E-state index in [2.05, 4.69) is 17.5 Å². The molecule has 0 radical (unpaired) electrons. The van der Waals surface area contributed by atoms with Crippen molar-refractivity contribution in [3.63, 3.8) is 0 Å². The second-order valence-electron chi connectivity index (χ2n) is 4.45. The summed E-state index contributed by atoms with van der Waals surface area (Å²) in [5.74, 6) is -0.103. The molecule has 0 amide bonds. The number of nitrogens with one attached hydrogen (secondary N) is 2. The van der Waals surface area contributed by atoms with Gasteiger partial charge in [-0.15, -0.1) is 0 Å². The van der Waals surface area contributed by atoms with E-state index in [4.69, 9.17) is 11.1 Å². The van der Waals surface area contributed by atoms with E-state index in [1.54, 1.807) is 6.21 Å². The Hall–Kier alpha value is -1.06. The van der Waals surface area contributed by atoms with E-state index >= 15 is 0 Å². The van der Waals surface area contributed by atoms with Gasteiger partial charge in [-0.1, -0.05) is 58.3 Å². The molecule has 0 aromatic rings. The van der Waals surface area contributed by atoms with Crippen LogP contribution in [0.25, 0.3) is 0 Å². The summed E-state index contributed by atoms with van der Waals surface area (Å²) < 4.78 is 0. The molecule has 4 nitrogen and oxygen atoms in total. The van der Waals surface area contributed by atoms with Gasteiger partial charge in [-0.25, -0.2) is 5.43 Å². The Morgan fingerprint density at radius 2 is 1.59 bits per heavy atom. The molecular weight excluding hydrogens is 212 g/mol. The summed E-state index contributed by atoms with van der Waals surface area (Å²) in [6, 6.07) is 0. The quantitative estimate of drug-likeness (QED) is 0.224. The maximum Gasteiger partial charge on any atom is 0.206 e. The van der Waals surface area contributed by atoms with Gasteiger partial charge in [0.25, 0.3) is 0 Å². The zero-order valence-electron chi connectivity index (χ0n) is 11.2. The number of rotatable bonds is 11. The molecule has 0 atom stereocenters. The largest absolute Gasteiger partial charge is 0.369 e. The third kappa shape index (κ3) is 14.9. The predicted molar refractivity (Wildman–Crippen MR) is 75.4 cm³/mol. The summed E-state index contributed by atoms with van der Waals surface area (Å²) in [6.07, 6.45) is 14.8. The highest BCUT2D eigenvalue weighted by Gasteiger charge is 1.91. The van der Waals surface area contributed by atoms with Gasteiger partial charge in [0.05, 0.1) is 0 Å². The zero-order chi connectivity index (χ0) is 12.8. The van der Waals surface area contributed by atoms with Gasteiger partial charge in [-0.05, 0) is 12.8 Å². The van der Waals surface area contributed by atoms with E-state index < -0.39 is 0 Å². The molecule has 4 N–H and O–H groups in total. The molecule has 0 aromatic heterocycles. The molecule has 0 spiro atoms. The van der Waals surface area contributed by atoms with Crippen molar-refractivity contribution in [1.82, 2.24) is 5.43 Å². The fourth-order valence-corrected chi connectivity index (χ4v) is 1.73. The Kier molecular flexibility index (Phi) is 12.2. The molecule has 0 aliphatic carbocycles. The first kappa shape index (κ1) is 15.9. The van der Waals surface area contributed by atoms with E-state index in [9.17, 15) is 0 Å². The van der Waals surface area contributed by atoms with Crippen LogP contribution in [0.15, 0.2) is 5.10 Å². The summed E-state index contributed by atoms with van der Waals surface area (Å²) in [7, 11) is 0. The Balaban J connectivity index is 3.03. The Labute approximate surface area is 106 Å². The second-order valence-corrected chi connectivity index (χ2v) is 4.45. The van der Waals surface area contributed by atoms with E-state index in [1.165, 1.54) is 57.8 Å². The number of nitrogens with two attached hydrogens (primary N) is 1. The fourth-order valence-electron chi connectivity index (χ4n) is 1.73. The molecule has 0 bridgehead atoms. The summed E-state index contributed by atoms with van der Waals surface area (Å²) in [4.78, 5) is 0. The second kappa shape index (κ2) is 13.0. The number of nitrogens with zero attached hydrogens (tertiary/aromatic N) is 1. The maximum absolute atomic E-state index is 6.89. The summed E-state index contributed by atoms with van der Waals surface area (Å²) in [5, 5.41) is 10.7. The number of hydrogen-bond acceptors (Lipinski definition) is 2. The first-order valence-corrected chi connectivity index (χ1v) is 6.89. The average Bonchev–Trinajstić information content (AvgIpc) is 2.30. The van der Waals surface area contributed by atoms with Gasteiger partial charge >= 0.3 is 0 Å². The molecule has 17 heavy (non-hydrogen) atoms. The molecule has 0 aliphatic rings. The number of hydrogen-bond donors (Lipinski definition) is 3. The lowest BCUT2D eigenvalue weighted by molar-refractivity contribution is 0.569. The molecule has 0 fully saturated rings. The Morgan fingerprint density at radius 3 is 2.12 bits per heavy atom. The summed E-state index contributed by atoms with van der Waals surface area (Å²) in [5.41, 5.74) is 7.49. The van der Waals surface area contributed by atoms with Crippen molar-refractivity contribution < 1.29 is 0 Å². The lowest BCUT2D eigenvalue weighted by atomic mass is 10.1. The van der Waals surface area contributed by atoms with E-state index in [1.807, 2.05) is 0 Å². The zero-order valence-corrected chi connectivity index (χ0v) is 11.2. The minimum absolute atomic E-state index is 0.103.